The lowest BCUT2D eigenvalue weighted by atomic mass is 9.94. The van der Waals surface area contributed by atoms with Crippen molar-refractivity contribution in [1.29, 1.82) is 0 Å². The Hall–Kier alpha value is -1.66. The molecule has 1 unspecified atom stereocenters. The zero-order chi connectivity index (χ0) is 13.2. The minimum atomic E-state index is -1.06. The molecule has 0 saturated carbocycles. The molecule has 0 radical (unpaired) electrons. The summed E-state index contributed by atoms with van der Waals surface area (Å²) in [5.41, 5.74) is 1.32. The van der Waals surface area contributed by atoms with E-state index in [-0.39, 0.29) is 5.69 Å². The number of carboxylic acids is 1. The van der Waals surface area contributed by atoms with E-state index in [1.807, 2.05) is 0 Å². The lowest BCUT2D eigenvalue weighted by Gasteiger charge is -2.23. The largest absolute Gasteiger partial charge is 0.476 e. The molecule has 3 rings (SSSR count). The minimum absolute atomic E-state index is 0.0448. The van der Waals surface area contributed by atoms with E-state index in [1.54, 1.807) is 11.3 Å². The molecule has 0 bridgehead atoms. The third kappa shape index (κ3) is 2.54. The van der Waals surface area contributed by atoms with Crippen LogP contribution in [-0.4, -0.2) is 16.2 Å². The fraction of sp³-hybridized carbons (Fsp3) is 0.385. The van der Waals surface area contributed by atoms with Crippen LogP contribution in [-0.2, 0) is 13.0 Å². The molecule has 0 aliphatic heterocycles. The number of aryl methyl sites for hydroxylation is 1. The van der Waals surface area contributed by atoms with Crippen molar-refractivity contribution in [3.63, 3.8) is 0 Å². The van der Waals surface area contributed by atoms with Gasteiger partial charge in [0.05, 0.1) is 6.54 Å². The number of rotatable bonds is 4. The van der Waals surface area contributed by atoms with Crippen molar-refractivity contribution < 1.29 is 14.4 Å². The normalized spacial score (nSPS) is 18.2. The van der Waals surface area contributed by atoms with Gasteiger partial charge in [0.2, 0.25) is 0 Å². The fourth-order valence-electron chi connectivity index (χ4n) is 2.42. The number of hydrogen-bond donors (Lipinski definition) is 2. The molecule has 1 aliphatic carbocycles. The Morgan fingerprint density at radius 2 is 2.53 bits per heavy atom. The van der Waals surface area contributed by atoms with Gasteiger partial charge in [-0.3, -0.25) is 0 Å². The first-order chi connectivity index (χ1) is 9.24. The molecular weight excluding hydrogens is 264 g/mol. The van der Waals surface area contributed by atoms with E-state index in [2.05, 4.69) is 21.9 Å². The van der Waals surface area contributed by atoms with Gasteiger partial charge in [-0.1, -0.05) is 5.16 Å². The summed E-state index contributed by atoms with van der Waals surface area (Å²) in [6.07, 6.45) is 3.45. The highest BCUT2D eigenvalue weighted by atomic mass is 32.1. The molecule has 6 heteroatoms. The summed E-state index contributed by atoms with van der Waals surface area (Å²) >= 11 is 1.81. The first kappa shape index (κ1) is 12.4. The van der Waals surface area contributed by atoms with Crippen LogP contribution in [0.25, 0.3) is 0 Å². The molecule has 5 nitrogen and oxygen atoms in total. The molecule has 0 amide bonds. The number of nitrogens with one attached hydrogen (secondary N) is 1. The maximum Gasteiger partial charge on any atom is 0.358 e. The molecular formula is C13H14N2O3S. The Labute approximate surface area is 114 Å². The highest BCUT2D eigenvalue weighted by molar-refractivity contribution is 7.10. The van der Waals surface area contributed by atoms with Crippen molar-refractivity contribution in [3.05, 3.63) is 39.4 Å². The van der Waals surface area contributed by atoms with Gasteiger partial charge in [-0.2, -0.15) is 0 Å². The van der Waals surface area contributed by atoms with E-state index in [1.165, 1.54) is 22.9 Å². The standard InChI is InChI=1S/C13H14N2O3S/c16-13(17)11-6-8(18-15-11)7-14-10-2-1-3-12-9(10)4-5-19-12/h4-6,10,14H,1-3,7H2,(H,16,17). The quantitative estimate of drug-likeness (QED) is 0.899. The summed E-state index contributed by atoms with van der Waals surface area (Å²) in [5.74, 6) is -0.507. The van der Waals surface area contributed by atoms with Crippen molar-refractivity contribution in [2.75, 3.05) is 0 Å². The van der Waals surface area contributed by atoms with Crippen LogP contribution in [0.2, 0.25) is 0 Å². The van der Waals surface area contributed by atoms with Crippen LogP contribution >= 0.6 is 11.3 Å². The van der Waals surface area contributed by atoms with E-state index in [0.29, 0.717) is 18.3 Å². The van der Waals surface area contributed by atoms with Gasteiger partial charge in [-0.15, -0.1) is 11.3 Å². The number of carboxylic acid groups (broad SMARTS) is 1. The smallest absolute Gasteiger partial charge is 0.358 e. The van der Waals surface area contributed by atoms with Crippen LogP contribution in [0.1, 0.15) is 45.6 Å². The summed E-state index contributed by atoms with van der Waals surface area (Å²) in [6.45, 7) is 0.500. The van der Waals surface area contributed by atoms with Crippen LogP contribution in [0, 0.1) is 0 Å². The topological polar surface area (TPSA) is 75.4 Å². The number of nitrogens with zero attached hydrogens (tertiary/aromatic N) is 1. The maximum absolute atomic E-state index is 10.7. The molecule has 0 aromatic carbocycles. The predicted octanol–water partition coefficient (Wildman–Crippen LogP) is 2.60. The summed E-state index contributed by atoms with van der Waals surface area (Å²) in [6, 6.07) is 3.96. The summed E-state index contributed by atoms with van der Waals surface area (Å²) < 4.78 is 5.00. The molecule has 2 heterocycles. The number of thiophene rings is 1. The van der Waals surface area contributed by atoms with Crippen molar-refractivity contribution in [2.24, 2.45) is 0 Å². The lowest BCUT2D eigenvalue weighted by Crippen LogP contribution is -2.23. The molecule has 2 aromatic rings. The van der Waals surface area contributed by atoms with Gasteiger partial charge in [-0.05, 0) is 36.3 Å². The van der Waals surface area contributed by atoms with Crippen LogP contribution < -0.4 is 5.32 Å². The second-order valence-electron chi connectivity index (χ2n) is 4.61. The van der Waals surface area contributed by atoms with Gasteiger partial charge < -0.3 is 14.9 Å². The summed E-state index contributed by atoms with van der Waals surface area (Å²) in [7, 11) is 0. The molecule has 1 atom stereocenters. The molecule has 100 valence electrons. The fourth-order valence-corrected chi connectivity index (χ4v) is 3.41. The summed E-state index contributed by atoms with van der Waals surface area (Å²) in [5, 5.41) is 17.8. The van der Waals surface area contributed by atoms with Gasteiger partial charge in [0.15, 0.2) is 11.5 Å². The summed E-state index contributed by atoms with van der Waals surface area (Å²) in [4.78, 5) is 12.2. The van der Waals surface area contributed by atoms with Crippen LogP contribution in [0.4, 0.5) is 0 Å². The molecule has 0 spiro atoms. The second kappa shape index (κ2) is 5.14. The molecule has 2 N–H and O–H groups in total. The Morgan fingerprint density at radius 3 is 3.32 bits per heavy atom. The average Bonchev–Trinajstić information content (AvgIpc) is 3.05. The van der Waals surface area contributed by atoms with Gasteiger partial charge in [0.1, 0.15) is 0 Å². The third-order valence-electron chi connectivity index (χ3n) is 3.35. The van der Waals surface area contributed by atoms with Crippen molar-refractivity contribution in [3.8, 4) is 0 Å². The maximum atomic E-state index is 10.7. The molecule has 19 heavy (non-hydrogen) atoms. The predicted molar refractivity (Wildman–Crippen MR) is 70.3 cm³/mol. The first-order valence-corrected chi connectivity index (χ1v) is 7.10. The van der Waals surface area contributed by atoms with Gasteiger partial charge in [0, 0.05) is 17.0 Å². The number of carbonyl (C=O) groups is 1. The van der Waals surface area contributed by atoms with E-state index >= 15 is 0 Å². The lowest BCUT2D eigenvalue weighted by molar-refractivity contribution is 0.0685. The average molecular weight is 278 g/mol. The van der Waals surface area contributed by atoms with Gasteiger partial charge in [0.25, 0.3) is 0 Å². The molecule has 1 aliphatic rings. The third-order valence-corrected chi connectivity index (χ3v) is 4.35. The van der Waals surface area contributed by atoms with E-state index < -0.39 is 5.97 Å². The van der Waals surface area contributed by atoms with Crippen molar-refractivity contribution >= 4 is 17.3 Å². The van der Waals surface area contributed by atoms with Crippen molar-refractivity contribution in [2.45, 2.75) is 31.8 Å². The van der Waals surface area contributed by atoms with Crippen molar-refractivity contribution in [1.82, 2.24) is 10.5 Å². The highest BCUT2D eigenvalue weighted by Gasteiger charge is 2.21. The van der Waals surface area contributed by atoms with E-state index in [9.17, 15) is 4.79 Å². The van der Waals surface area contributed by atoms with E-state index in [4.69, 9.17) is 9.63 Å². The Kier molecular flexibility index (Phi) is 3.35. The molecule has 0 fully saturated rings. The molecule has 0 saturated heterocycles. The Bertz CT molecular complexity index is 590. The van der Waals surface area contributed by atoms with Crippen LogP contribution in [0.5, 0.6) is 0 Å². The monoisotopic (exact) mass is 278 g/mol. The highest BCUT2D eigenvalue weighted by Crippen LogP contribution is 2.33. The van der Waals surface area contributed by atoms with Crippen LogP contribution in [0.3, 0.4) is 0 Å². The first-order valence-electron chi connectivity index (χ1n) is 6.22. The zero-order valence-electron chi connectivity index (χ0n) is 10.3. The Morgan fingerprint density at radius 1 is 1.63 bits per heavy atom. The number of aromatic carboxylic acids is 1. The number of fused-ring (bicyclic) bond motifs is 1. The SMILES string of the molecule is O=C(O)c1cc(CNC2CCCc3sccc32)on1. The second-order valence-corrected chi connectivity index (χ2v) is 5.61. The van der Waals surface area contributed by atoms with Gasteiger partial charge in [-0.25, -0.2) is 4.79 Å². The minimum Gasteiger partial charge on any atom is -0.476 e. The van der Waals surface area contributed by atoms with Gasteiger partial charge >= 0.3 is 5.97 Å². The Balaban J connectivity index is 1.65. The number of aromatic nitrogens is 1. The van der Waals surface area contributed by atoms with Crippen LogP contribution in [0.15, 0.2) is 22.0 Å². The molecule has 2 aromatic heterocycles. The zero-order valence-corrected chi connectivity index (χ0v) is 11.1. The van der Waals surface area contributed by atoms with E-state index in [0.717, 1.165) is 12.8 Å². The number of hydrogen-bond acceptors (Lipinski definition) is 5.